The van der Waals surface area contributed by atoms with E-state index in [2.05, 4.69) is 137 Å². The van der Waals surface area contributed by atoms with Gasteiger partial charge in [0.2, 0.25) is 0 Å². The van der Waals surface area contributed by atoms with Gasteiger partial charge in [-0.2, -0.15) is 0 Å². The first kappa shape index (κ1) is 46.4. The molecule has 0 bridgehead atoms. The Morgan fingerprint density at radius 3 is 1.36 bits per heavy atom. The fourth-order valence-electron chi connectivity index (χ4n) is 8.60. The van der Waals surface area contributed by atoms with E-state index in [-0.39, 0.29) is 37.8 Å². The van der Waals surface area contributed by atoms with E-state index in [1.54, 1.807) is 14.2 Å². The summed E-state index contributed by atoms with van der Waals surface area (Å²) in [6.45, 7) is 8.61. The number of rotatable bonds is 10. The standard InChI is InChI=1S/C42H46O3P2.C5H10.2CH3.Fe/c1-28-24-34(25-29(2)41(28)44-5)47(35-26-30(3)42(45-6)31(4)27-35)39-23-15-21-37(39)40(43)36-20-13-14-22-38(36)46(32-16-9-7-10-17-32)33-18-11-8-12-19-33;1-2-4-5-3-1;;;/h7-14,16-20,22,24-27,37,39-40,43H,15,21,23H2,1-6H3;1-5H2;2*1H3;/q;;2*-1;+2/t37?,39?,40-;;;;/m0..../s1. The van der Waals surface area contributed by atoms with Gasteiger partial charge in [0.15, 0.2) is 0 Å². The Kier molecular flexibility index (Phi) is 18.7. The average Bonchev–Trinajstić information content (AvgIpc) is 3.90. The van der Waals surface area contributed by atoms with Gasteiger partial charge in [-0.1, -0.05) is 123 Å². The molecule has 294 valence electrons. The van der Waals surface area contributed by atoms with Gasteiger partial charge in [0.1, 0.15) is 11.5 Å². The molecule has 0 heterocycles. The molecule has 6 heteroatoms. The number of hydrogen-bond acceptors (Lipinski definition) is 3. The van der Waals surface area contributed by atoms with Crippen molar-refractivity contribution in [2.24, 2.45) is 5.92 Å². The van der Waals surface area contributed by atoms with Gasteiger partial charge in [-0.05, 0) is 147 Å². The summed E-state index contributed by atoms with van der Waals surface area (Å²) >= 11 is 0. The molecule has 3 atom stereocenters. The van der Waals surface area contributed by atoms with E-state index in [1.807, 2.05) is 0 Å². The number of aryl methyl sites for hydroxylation is 4. The molecule has 2 saturated carbocycles. The molecule has 5 aromatic rings. The van der Waals surface area contributed by atoms with Crippen molar-refractivity contribution in [3.63, 3.8) is 0 Å². The van der Waals surface area contributed by atoms with Gasteiger partial charge in [-0.15, -0.1) is 0 Å². The largest absolute Gasteiger partial charge is 2.00 e. The van der Waals surface area contributed by atoms with Crippen molar-refractivity contribution >= 4 is 42.4 Å². The Labute approximate surface area is 346 Å². The third kappa shape index (κ3) is 10.7. The first-order valence-corrected chi connectivity index (χ1v) is 21.8. The summed E-state index contributed by atoms with van der Waals surface area (Å²) in [6, 6.07) is 39.7. The van der Waals surface area contributed by atoms with Crippen LogP contribution in [0.1, 0.15) is 85.3 Å². The summed E-state index contributed by atoms with van der Waals surface area (Å²) in [5.74, 6) is 2.05. The fourth-order valence-corrected chi connectivity index (χ4v) is 14.6. The molecule has 55 heavy (non-hydrogen) atoms. The normalized spacial score (nSPS) is 16.6. The van der Waals surface area contributed by atoms with Crippen LogP contribution in [-0.2, 0) is 17.1 Å². The molecule has 0 aliphatic heterocycles. The van der Waals surface area contributed by atoms with Crippen molar-refractivity contribution in [1.29, 1.82) is 0 Å². The minimum absolute atomic E-state index is 0. The molecule has 5 aromatic carbocycles. The number of benzene rings is 5. The maximum Gasteiger partial charge on any atom is 2.00 e. The molecule has 2 fully saturated rings. The van der Waals surface area contributed by atoms with Crippen LogP contribution in [0.15, 0.2) is 109 Å². The topological polar surface area (TPSA) is 38.7 Å². The molecule has 3 nitrogen and oxygen atoms in total. The zero-order valence-electron chi connectivity index (χ0n) is 34.3. The van der Waals surface area contributed by atoms with Crippen LogP contribution in [0.25, 0.3) is 0 Å². The van der Waals surface area contributed by atoms with Crippen LogP contribution in [0.2, 0.25) is 0 Å². The van der Waals surface area contributed by atoms with Gasteiger partial charge in [-0.3, -0.25) is 0 Å². The van der Waals surface area contributed by atoms with Crippen LogP contribution in [0.3, 0.4) is 0 Å². The monoisotopic (exact) mass is 816 g/mol. The summed E-state index contributed by atoms with van der Waals surface area (Å²) in [6.07, 6.45) is 10.1. The van der Waals surface area contributed by atoms with Crippen molar-refractivity contribution in [2.75, 3.05) is 14.2 Å². The van der Waals surface area contributed by atoms with E-state index in [0.29, 0.717) is 5.66 Å². The van der Waals surface area contributed by atoms with Crippen molar-refractivity contribution in [3.05, 3.63) is 152 Å². The molecule has 0 aromatic heterocycles. The van der Waals surface area contributed by atoms with Crippen molar-refractivity contribution in [1.82, 2.24) is 0 Å². The average molecular weight is 817 g/mol. The molecular formula is C49H62FeO3P2. The molecule has 0 spiro atoms. The quantitative estimate of drug-likeness (QED) is 0.0867. The maximum absolute atomic E-state index is 12.6. The molecule has 1 N–H and O–H groups in total. The number of ether oxygens (including phenoxy) is 2. The minimum atomic E-state index is -0.842. The van der Waals surface area contributed by atoms with E-state index < -0.39 is 21.9 Å². The maximum atomic E-state index is 12.6. The Morgan fingerprint density at radius 2 is 0.945 bits per heavy atom. The number of aliphatic hydroxyl groups excluding tert-OH is 1. The van der Waals surface area contributed by atoms with E-state index in [9.17, 15) is 5.11 Å². The fraction of sp³-hybridized carbons (Fsp3) is 0.347. The van der Waals surface area contributed by atoms with E-state index in [4.69, 9.17) is 9.47 Å². The summed E-state index contributed by atoms with van der Waals surface area (Å²) in [4.78, 5) is 0. The number of hydrogen-bond donors (Lipinski definition) is 1. The molecule has 2 aliphatic rings. The van der Waals surface area contributed by atoms with E-state index in [1.165, 1.54) is 58.6 Å². The Balaban J connectivity index is 0.000000940. The van der Waals surface area contributed by atoms with Crippen molar-refractivity contribution in [2.45, 2.75) is 90.8 Å². The second-order valence-electron chi connectivity index (χ2n) is 14.5. The number of aliphatic hydroxyl groups is 1. The van der Waals surface area contributed by atoms with Gasteiger partial charge in [0.25, 0.3) is 0 Å². The molecule has 0 radical (unpaired) electrons. The Hall–Kier alpha value is -2.96. The zero-order valence-corrected chi connectivity index (χ0v) is 37.2. The van der Waals surface area contributed by atoms with Crippen molar-refractivity contribution < 1.29 is 31.6 Å². The smallest absolute Gasteiger partial charge is 0.496 e. The van der Waals surface area contributed by atoms with Gasteiger partial charge in [-0.25, -0.2) is 0 Å². The summed E-state index contributed by atoms with van der Waals surface area (Å²) in [7, 11) is 1.88. The van der Waals surface area contributed by atoms with Gasteiger partial charge in [0, 0.05) is 0 Å². The van der Waals surface area contributed by atoms with Crippen LogP contribution in [0.5, 0.6) is 11.5 Å². The van der Waals surface area contributed by atoms with Gasteiger partial charge < -0.3 is 29.4 Å². The zero-order chi connectivity index (χ0) is 36.6. The second kappa shape index (κ2) is 22.1. The Morgan fingerprint density at radius 1 is 0.545 bits per heavy atom. The van der Waals surface area contributed by atoms with E-state index >= 15 is 0 Å². The van der Waals surface area contributed by atoms with Crippen LogP contribution >= 0.6 is 15.8 Å². The summed E-state index contributed by atoms with van der Waals surface area (Å²) in [5, 5.41) is 19.2. The third-order valence-electron chi connectivity index (χ3n) is 10.9. The third-order valence-corrected chi connectivity index (χ3v) is 16.4. The van der Waals surface area contributed by atoms with Crippen LogP contribution in [-0.4, -0.2) is 25.0 Å². The Bertz CT molecular complexity index is 1760. The predicted octanol–water partition coefficient (Wildman–Crippen LogP) is 10.9. The molecule has 0 amide bonds. The SMILES string of the molecule is C1CCCC1.COc1c(C)cc(P(c2cc(C)c(OC)c(C)c2)C2CCCC2[C@@H](O)c2ccccc2P(c2ccccc2)c2ccccc2)cc1C.[CH3-].[CH3-].[Fe+2]. The molecule has 0 saturated heterocycles. The second-order valence-corrected chi connectivity index (χ2v) is 19.2. The molecule has 2 aliphatic carbocycles. The van der Waals surface area contributed by atoms with E-state index in [0.717, 1.165) is 58.6 Å². The summed E-state index contributed by atoms with van der Waals surface area (Å²) in [5.41, 5.74) is 6.04. The van der Waals surface area contributed by atoms with Gasteiger partial charge >= 0.3 is 17.1 Å². The van der Waals surface area contributed by atoms with Gasteiger partial charge in [0.05, 0.1) is 20.3 Å². The minimum Gasteiger partial charge on any atom is -0.496 e. The molecule has 7 rings (SSSR count). The molecular weight excluding hydrogens is 754 g/mol. The van der Waals surface area contributed by atoms with Crippen molar-refractivity contribution in [3.8, 4) is 11.5 Å². The predicted molar refractivity (Wildman–Crippen MR) is 238 cm³/mol. The first-order chi connectivity index (χ1) is 25.3. The van der Waals surface area contributed by atoms with Crippen LogP contribution < -0.4 is 36.0 Å². The number of methoxy groups -OCH3 is 2. The first-order valence-electron chi connectivity index (χ1n) is 19.1. The summed E-state index contributed by atoms with van der Waals surface area (Å²) < 4.78 is 11.6. The molecule has 2 unspecified atom stereocenters. The van der Waals surface area contributed by atoms with Crippen LogP contribution in [0.4, 0.5) is 0 Å². The van der Waals surface area contributed by atoms with Crippen LogP contribution in [0, 0.1) is 48.5 Å².